The van der Waals surface area contributed by atoms with Gasteiger partial charge in [-0.3, -0.25) is 0 Å². The predicted octanol–water partition coefficient (Wildman–Crippen LogP) is 2.21. The molecule has 1 fully saturated rings. The molecular weight excluding hydrogens is 255 g/mol. The zero-order valence-corrected chi connectivity index (χ0v) is 11.2. The predicted molar refractivity (Wildman–Crippen MR) is 76.8 cm³/mol. The molecular formula is C15H17FN4. The molecule has 2 aromatic rings. The van der Waals surface area contributed by atoms with Gasteiger partial charge in [-0.25, -0.2) is 14.4 Å². The first-order valence-electron chi connectivity index (χ1n) is 6.83. The SMILES string of the molecule is NCC1CCCN1c1nccc(-c2ccc(F)cc2)n1. The molecule has 0 amide bonds. The maximum absolute atomic E-state index is 13.0. The number of nitrogens with two attached hydrogens (primary N) is 1. The average Bonchev–Trinajstić information content (AvgIpc) is 2.96. The van der Waals surface area contributed by atoms with Gasteiger partial charge >= 0.3 is 0 Å². The van der Waals surface area contributed by atoms with E-state index < -0.39 is 0 Å². The van der Waals surface area contributed by atoms with Gasteiger partial charge in [0.15, 0.2) is 0 Å². The Balaban J connectivity index is 1.91. The third-order valence-electron chi connectivity index (χ3n) is 3.69. The topological polar surface area (TPSA) is 55.0 Å². The van der Waals surface area contributed by atoms with Gasteiger partial charge in [0.2, 0.25) is 5.95 Å². The summed E-state index contributed by atoms with van der Waals surface area (Å²) in [6, 6.07) is 8.49. The Morgan fingerprint density at radius 1 is 1.25 bits per heavy atom. The standard InChI is InChI=1S/C15H17FN4/c16-12-5-3-11(4-6-12)14-7-8-18-15(19-14)20-9-1-2-13(20)10-17/h3-8,13H,1-2,9-10,17H2. The Kier molecular flexibility index (Phi) is 3.60. The molecule has 1 aromatic heterocycles. The molecule has 0 bridgehead atoms. The maximum atomic E-state index is 13.0. The summed E-state index contributed by atoms with van der Waals surface area (Å²) in [5.74, 6) is 0.463. The highest BCUT2D eigenvalue weighted by atomic mass is 19.1. The molecule has 1 aliphatic rings. The summed E-state index contributed by atoms with van der Waals surface area (Å²) in [7, 11) is 0. The van der Waals surface area contributed by atoms with Gasteiger partial charge in [0.1, 0.15) is 5.82 Å². The van der Waals surface area contributed by atoms with Crippen molar-refractivity contribution in [3.05, 3.63) is 42.3 Å². The van der Waals surface area contributed by atoms with Gasteiger partial charge in [0.05, 0.1) is 5.69 Å². The van der Waals surface area contributed by atoms with Crippen molar-refractivity contribution in [2.75, 3.05) is 18.0 Å². The third-order valence-corrected chi connectivity index (χ3v) is 3.69. The zero-order chi connectivity index (χ0) is 13.9. The number of nitrogens with zero attached hydrogens (tertiary/aromatic N) is 3. The van der Waals surface area contributed by atoms with Gasteiger partial charge in [0, 0.05) is 30.9 Å². The highest BCUT2D eigenvalue weighted by Gasteiger charge is 2.25. The first-order valence-corrected chi connectivity index (χ1v) is 6.83. The van der Waals surface area contributed by atoms with Crippen molar-refractivity contribution in [3.63, 3.8) is 0 Å². The van der Waals surface area contributed by atoms with E-state index in [4.69, 9.17) is 5.73 Å². The lowest BCUT2D eigenvalue weighted by Gasteiger charge is -2.23. The van der Waals surface area contributed by atoms with Crippen LogP contribution in [-0.4, -0.2) is 29.1 Å². The molecule has 104 valence electrons. The van der Waals surface area contributed by atoms with Crippen LogP contribution in [0.1, 0.15) is 12.8 Å². The number of anilines is 1. The van der Waals surface area contributed by atoms with Gasteiger partial charge < -0.3 is 10.6 Å². The van der Waals surface area contributed by atoms with E-state index in [0.717, 1.165) is 30.6 Å². The molecule has 2 heterocycles. The molecule has 1 aromatic carbocycles. The van der Waals surface area contributed by atoms with Gasteiger partial charge in [-0.05, 0) is 43.2 Å². The summed E-state index contributed by atoms with van der Waals surface area (Å²) in [6.45, 7) is 1.55. The molecule has 0 spiro atoms. The number of rotatable bonds is 3. The van der Waals surface area contributed by atoms with Gasteiger partial charge in [-0.15, -0.1) is 0 Å². The maximum Gasteiger partial charge on any atom is 0.226 e. The summed E-state index contributed by atoms with van der Waals surface area (Å²) in [6.07, 6.45) is 3.94. The molecule has 3 rings (SSSR count). The van der Waals surface area contributed by atoms with E-state index in [2.05, 4.69) is 14.9 Å². The van der Waals surface area contributed by atoms with Gasteiger partial charge in [-0.1, -0.05) is 0 Å². The van der Waals surface area contributed by atoms with E-state index in [1.807, 2.05) is 6.07 Å². The fourth-order valence-electron chi connectivity index (χ4n) is 2.61. The summed E-state index contributed by atoms with van der Waals surface area (Å²) in [5.41, 5.74) is 7.48. The van der Waals surface area contributed by atoms with Crippen LogP contribution in [0, 0.1) is 5.82 Å². The largest absolute Gasteiger partial charge is 0.337 e. The van der Waals surface area contributed by atoms with Crippen molar-refractivity contribution < 1.29 is 4.39 Å². The second-order valence-electron chi connectivity index (χ2n) is 4.97. The highest BCUT2D eigenvalue weighted by molar-refractivity contribution is 5.60. The summed E-state index contributed by atoms with van der Waals surface area (Å²) in [4.78, 5) is 11.1. The van der Waals surface area contributed by atoms with Crippen LogP contribution in [0.3, 0.4) is 0 Å². The third kappa shape index (κ3) is 2.49. The summed E-state index contributed by atoms with van der Waals surface area (Å²) < 4.78 is 13.0. The zero-order valence-electron chi connectivity index (χ0n) is 11.2. The van der Waals surface area contributed by atoms with Crippen molar-refractivity contribution >= 4 is 5.95 Å². The molecule has 0 saturated carbocycles. The molecule has 2 N–H and O–H groups in total. The molecule has 1 saturated heterocycles. The van der Waals surface area contributed by atoms with Crippen molar-refractivity contribution in [1.82, 2.24) is 9.97 Å². The summed E-state index contributed by atoms with van der Waals surface area (Å²) >= 11 is 0. The quantitative estimate of drug-likeness (QED) is 0.930. The van der Waals surface area contributed by atoms with Crippen LogP contribution in [-0.2, 0) is 0 Å². The number of halogens is 1. The molecule has 4 nitrogen and oxygen atoms in total. The fraction of sp³-hybridized carbons (Fsp3) is 0.333. The van der Waals surface area contributed by atoms with E-state index >= 15 is 0 Å². The van der Waals surface area contributed by atoms with Crippen LogP contribution in [0.5, 0.6) is 0 Å². The molecule has 0 aliphatic carbocycles. The van der Waals surface area contributed by atoms with E-state index in [-0.39, 0.29) is 5.82 Å². The lowest BCUT2D eigenvalue weighted by Crippen LogP contribution is -2.36. The van der Waals surface area contributed by atoms with Crippen LogP contribution >= 0.6 is 0 Å². The van der Waals surface area contributed by atoms with Crippen LogP contribution in [0.15, 0.2) is 36.5 Å². The molecule has 20 heavy (non-hydrogen) atoms. The highest BCUT2D eigenvalue weighted by Crippen LogP contribution is 2.24. The Morgan fingerprint density at radius 2 is 2.05 bits per heavy atom. The molecule has 0 radical (unpaired) electrons. The van der Waals surface area contributed by atoms with Crippen molar-refractivity contribution in [1.29, 1.82) is 0 Å². The molecule has 1 aliphatic heterocycles. The Labute approximate surface area is 117 Å². The minimum Gasteiger partial charge on any atom is -0.337 e. The van der Waals surface area contributed by atoms with E-state index in [1.165, 1.54) is 12.1 Å². The fourth-order valence-corrected chi connectivity index (χ4v) is 2.61. The Bertz CT molecular complexity index is 585. The lowest BCUT2D eigenvalue weighted by molar-refractivity contribution is 0.628. The monoisotopic (exact) mass is 272 g/mol. The minimum absolute atomic E-state index is 0.245. The first kappa shape index (κ1) is 13.0. The summed E-state index contributed by atoms with van der Waals surface area (Å²) in [5, 5.41) is 0. The van der Waals surface area contributed by atoms with E-state index in [9.17, 15) is 4.39 Å². The number of hydrogen-bond donors (Lipinski definition) is 1. The van der Waals surface area contributed by atoms with Crippen LogP contribution in [0.4, 0.5) is 10.3 Å². The number of hydrogen-bond acceptors (Lipinski definition) is 4. The second-order valence-corrected chi connectivity index (χ2v) is 4.97. The Morgan fingerprint density at radius 3 is 2.80 bits per heavy atom. The van der Waals surface area contributed by atoms with Crippen LogP contribution in [0.2, 0.25) is 0 Å². The second kappa shape index (κ2) is 5.54. The van der Waals surface area contributed by atoms with Gasteiger partial charge in [-0.2, -0.15) is 0 Å². The molecule has 1 atom stereocenters. The van der Waals surface area contributed by atoms with Gasteiger partial charge in [0.25, 0.3) is 0 Å². The normalized spacial score (nSPS) is 18.5. The van der Waals surface area contributed by atoms with Crippen molar-refractivity contribution in [2.45, 2.75) is 18.9 Å². The minimum atomic E-state index is -0.245. The molecule has 1 unspecified atom stereocenters. The first-order chi connectivity index (χ1) is 9.78. The number of benzene rings is 1. The average molecular weight is 272 g/mol. The van der Waals surface area contributed by atoms with E-state index in [0.29, 0.717) is 18.5 Å². The van der Waals surface area contributed by atoms with Crippen molar-refractivity contribution in [3.8, 4) is 11.3 Å². The Hall–Kier alpha value is -2.01. The van der Waals surface area contributed by atoms with Crippen LogP contribution < -0.4 is 10.6 Å². The lowest BCUT2D eigenvalue weighted by atomic mass is 10.1. The number of aromatic nitrogens is 2. The van der Waals surface area contributed by atoms with E-state index in [1.54, 1.807) is 18.3 Å². The molecule has 5 heteroatoms. The van der Waals surface area contributed by atoms with Crippen molar-refractivity contribution in [2.24, 2.45) is 5.73 Å². The van der Waals surface area contributed by atoms with Crippen LogP contribution in [0.25, 0.3) is 11.3 Å². The smallest absolute Gasteiger partial charge is 0.226 e.